The van der Waals surface area contributed by atoms with Crippen LogP contribution in [-0.4, -0.2) is 14.8 Å². The highest BCUT2D eigenvalue weighted by Gasteiger charge is 2.15. The summed E-state index contributed by atoms with van der Waals surface area (Å²) in [5, 5.41) is 6.20. The third-order valence-corrected chi connectivity index (χ3v) is 4.32. The smallest absolute Gasteiger partial charge is 0.138 e. The Balaban J connectivity index is 2.15. The molecule has 5 nitrogen and oxygen atoms in total. The van der Waals surface area contributed by atoms with Crippen molar-refractivity contribution in [2.75, 3.05) is 0 Å². The van der Waals surface area contributed by atoms with Crippen LogP contribution in [-0.2, 0) is 13.0 Å². The summed E-state index contributed by atoms with van der Waals surface area (Å²) in [6.45, 7) is 2.87. The summed E-state index contributed by atoms with van der Waals surface area (Å²) in [6.07, 6.45) is 2.31. The van der Waals surface area contributed by atoms with Crippen molar-refractivity contribution in [1.29, 1.82) is 0 Å². The van der Waals surface area contributed by atoms with Crippen molar-refractivity contribution >= 4 is 27.3 Å². The van der Waals surface area contributed by atoms with E-state index < -0.39 is 0 Å². The normalized spacial score (nSPS) is 12.9. The van der Waals surface area contributed by atoms with E-state index in [1.165, 1.54) is 4.88 Å². The van der Waals surface area contributed by atoms with Gasteiger partial charge in [0.15, 0.2) is 0 Å². The largest absolute Gasteiger partial charge is 0.271 e. The lowest BCUT2D eigenvalue weighted by Crippen LogP contribution is -2.29. The van der Waals surface area contributed by atoms with Crippen molar-refractivity contribution in [2.24, 2.45) is 5.84 Å². The number of hydrazine groups is 1. The fraction of sp³-hybridized carbons (Fsp3) is 0.400. The van der Waals surface area contributed by atoms with E-state index in [2.05, 4.69) is 37.5 Å². The van der Waals surface area contributed by atoms with Crippen molar-refractivity contribution < 1.29 is 0 Å². The van der Waals surface area contributed by atoms with Crippen LogP contribution in [0.3, 0.4) is 0 Å². The lowest BCUT2D eigenvalue weighted by atomic mass is 10.2. The topological polar surface area (TPSA) is 68.8 Å². The second-order valence-electron chi connectivity index (χ2n) is 3.58. The number of aromatic nitrogens is 3. The van der Waals surface area contributed by atoms with E-state index in [9.17, 15) is 0 Å². The highest BCUT2D eigenvalue weighted by molar-refractivity contribution is 9.10. The Morgan fingerprint density at radius 1 is 1.65 bits per heavy atom. The summed E-state index contributed by atoms with van der Waals surface area (Å²) in [5.74, 6) is 6.55. The molecule has 0 aliphatic heterocycles. The minimum atomic E-state index is 0.0702. The molecule has 1 unspecified atom stereocenters. The van der Waals surface area contributed by atoms with Gasteiger partial charge in [0.1, 0.15) is 12.2 Å². The summed E-state index contributed by atoms with van der Waals surface area (Å²) in [7, 11) is 0. The van der Waals surface area contributed by atoms with Gasteiger partial charge in [0.05, 0.1) is 6.04 Å². The maximum atomic E-state index is 5.61. The summed E-state index contributed by atoms with van der Waals surface area (Å²) in [5.41, 5.74) is 2.83. The monoisotopic (exact) mass is 315 g/mol. The first-order chi connectivity index (χ1) is 8.24. The predicted molar refractivity (Wildman–Crippen MR) is 71.5 cm³/mol. The molecule has 2 rings (SSSR count). The lowest BCUT2D eigenvalue weighted by molar-refractivity contribution is 0.516. The van der Waals surface area contributed by atoms with Crippen LogP contribution in [0.1, 0.15) is 23.7 Å². The summed E-state index contributed by atoms with van der Waals surface area (Å²) < 4.78 is 2.96. The summed E-state index contributed by atoms with van der Waals surface area (Å²) >= 11 is 5.12. The van der Waals surface area contributed by atoms with Gasteiger partial charge in [0, 0.05) is 27.7 Å². The van der Waals surface area contributed by atoms with Crippen molar-refractivity contribution in [3.63, 3.8) is 0 Å². The number of aryl methyl sites for hydroxylation is 1. The third kappa shape index (κ3) is 2.92. The first-order valence-corrected chi connectivity index (χ1v) is 6.98. The van der Waals surface area contributed by atoms with E-state index in [1.807, 2.05) is 17.0 Å². The molecular formula is C10H14BrN5S. The molecule has 0 aromatic carbocycles. The van der Waals surface area contributed by atoms with E-state index in [1.54, 1.807) is 17.7 Å². The zero-order chi connectivity index (χ0) is 12.3. The summed E-state index contributed by atoms with van der Waals surface area (Å²) in [6, 6.07) is 2.14. The zero-order valence-electron chi connectivity index (χ0n) is 9.43. The van der Waals surface area contributed by atoms with Gasteiger partial charge in [-0.3, -0.25) is 16.0 Å². The van der Waals surface area contributed by atoms with Crippen LogP contribution < -0.4 is 11.3 Å². The Kier molecular flexibility index (Phi) is 4.27. The first-order valence-electron chi connectivity index (χ1n) is 5.31. The highest BCUT2D eigenvalue weighted by Crippen LogP contribution is 2.27. The van der Waals surface area contributed by atoms with Crippen LogP contribution in [0.5, 0.6) is 0 Å². The molecule has 0 saturated heterocycles. The average molecular weight is 316 g/mol. The maximum Gasteiger partial charge on any atom is 0.138 e. The molecule has 0 amide bonds. The molecule has 17 heavy (non-hydrogen) atoms. The van der Waals surface area contributed by atoms with Gasteiger partial charge in [0.25, 0.3) is 0 Å². The van der Waals surface area contributed by atoms with Gasteiger partial charge >= 0.3 is 0 Å². The van der Waals surface area contributed by atoms with Crippen LogP contribution in [0.4, 0.5) is 0 Å². The van der Waals surface area contributed by atoms with Gasteiger partial charge < -0.3 is 0 Å². The van der Waals surface area contributed by atoms with Gasteiger partial charge in [-0.25, -0.2) is 4.98 Å². The molecule has 1 atom stereocenters. The second kappa shape index (κ2) is 5.72. The number of nitrogens with one attached hydrogen (secondary N) is 1. The Morgan fingerprint density at radius 3 is 3.06 bits per heavy atom. The number of halogens is 1. The first kappa shape index (κ1) is 12.7. The predicted octanol–water partition coefficient (Wildman–Crippen LogP) is 1.87. The summed E-state index contributed by atoms with van der Waals surface area (Å²) in [4.78, 5) is 5.44. The van der Waals surface area contributed by atoms with Crippen molar-refractivity contribution in [1.82, 2.24) is 20.2 Å². The fourth-order valence-electron chi connectivity index (χ4n) is 1.65. The molecule has 2 aromatic rings. The van der Waals surface area contributed by atoms with Gasteiger partial charge in [-0.2, -0.15) is 5.10 Å². The molecule has 0 aliphatic carbocycles. The molecule has 0 spiro atoms. The maximum absolute atomic E-state index is 5.61. The number of rotatable bonds is 5. The molecule has 92 valence electrons. The number of thiophene rings is 1. The van der Waals surface area contributed by atoms with Gasteiger partial charge in [-0.1, -0.05) is 0 Å². The average Bonchev–Trinajstić information content (AvgIpc) is 2.94. The second-order valence-corrected chi connectivity index (χ2v) is 5.44. The van der Waals surface area contributed by atoms with Crippen LogP contribution in [0.25, 0.3) is 0 Å². The van der Waals surface area contributed by atoms with Crippen LogP contribution in [0, 0.1) is 0 Å². The minimum absolute atomic E-state index is 0.0702. The van der Waals surface area contributed by atoms with Crippen molar-refractivity contribution in [3.8, 4) is 0 Å². The molecule has 0 fully saturated rings. The molecule has 0 aliphatic rings. The van der Waals surface area contributed by atoms with Gasteiger partial charge in [-0.15, -0.1) is 11.3 Å². The third-order valence-electron chi connectivity index (χ3n) is 2.51. The molecule has 7 heteroatoms. The van der Waals surface area contributed by atoms with Crippen LogP contribution >= 0.6 is 27.3 Å². The van der Waals surface area contributed by atoms with Crippen LogP contribution in [0.15, 0.2) is 22.2 Å². The van der Waals surface area contributed by atoms with Crippen LogP contribution in [0.2, 0.25) is 0 Å². The highest BCUT2D eigenvalue weighted by atomic mass is 79.9. The van der Waals surface area contributed by atoms with Crippen molar-refractivity contribution in [3.05, 3.63) is 32.9 Å². The quantitative estimate of drug-likeness (QED) is 0.653. The van der Waals surface area contributed by atoms with E-state index in [0.717, 1.165) is 23.3 Å². The van der Waals surface area contributed by atoms with Gasteiger partial charge in [-0.05, 0) is 28.9 Å². The van der Waals surface area contributed by atoms with E-state index in [-0.39, 0.29) is 6.04 Å². The van der Waals surface area contributed by atoms with E-state index in [0.29, 0.717) is 0 Å². The Bertz CT molecular complexity index is 481. The fourth-order valence-corrected chi connectivity index (χ4v) is 3.15. The molecule has 2 heterocycles. The molecule has 0 radical (unpaired) electrons. The lowest BCUT2D eigenvalue weighted by Gasteiger charge is -2.13. The molecule has 2 aromatic heterocycles. The Hall–Kier alpha value is -0.760. The Morgan fingerprint density at radius 2 is 2.47 bits per heavy atom. The number of hydrogen-bond acceptors (Lipinski definition) is 5. The zero-order valence-corrected chi connectivity index (χ0v) is 11.8. The molecule has 3 N–H and O–H groups in total. The number of hydrogen-bond donors (Lipinski definition) is 2. The SMILES string of the molecule is CCn1ncnc1CC(NN)c1cc(Br)cs1. The molecular weight excluding hydrogens is 302 g/mol. The standard InChI is InChI=1S/C10H14BrN5S/c1-2-16-10(13-6-14-16)4-8(15-12)9-3-7(11)5-17-9/h3,5-6,8,15H,2,4,12H2,1H3. The van der Waals surface area contributed by atoms with E-state index in [4.69, 9.17) is 5.84 Å². The van der Waals surface area contributed by atoms with Gasteiger partial charge in [0.2, 0.25) is 0 Å². The Labute approximate surface area is 112 Å². The van der Waals surface area contributed by atoms with E-state index >= 15 is 0 Å². The number of nitrogens with zero attached hydrogens (tertiary/aromatic N) is 3. The number of nitrogens with two attached hydrogens (primary N) is 1. The minimum Gasteiger partial charge on any atom is -0.271 e. The van der Waals surface area contributed by atoms with Crippen molar-refractivity contribution in [2.45, 2.75) is 25.9 Å². The molecule has 0 bridgehead atoms. The molecule has 0 saturated carbocycles.